The Labute approximate surface area is 312 Å². The van der Waals surface area contributed by atoms with Gasteiger partial charge in [0.25, 0.3) is 0 Å². The number of aromatic nitrogens is 6. The Morgan fingerprint density at radius 3 is 0.722 bits per heavy atom. The Morgan fingerprint density at radius 1 is 0.222 bits per heavy atom. The van der Waals surface area contributed by atoms with Crippen LogP contribution < -0.4 is 0 Å². The zero-order chi connectivity index (χ0) is 36.1. The molecular formula is C48H32N6. The maximum atomic E-state index is 5.22. The summed E-state index contributed by atoms with van der Waals surface area (Å²) in [5, 5.41) is 4.36. The molecule has 0 radical (unpaired) electrons. The molecule has 0 saturated carbocycles. The molecule has 54 heavy (non-hydrogen) atoms. The SMILES string of the molecule is C(=Cc1nc(C=Cc2ccc3ccccc3n2)c(C=Cc2ccc3ccccc3n2)nc1C=Cc1ccc2ccccc2n1)c1ccc2ccccc2n1. The predicted molar refractivity (Wildman–Crippen MR) is 225 cm³/mol. The minimum Gasteiger partial charge on any atom is -0.248 e. The number of benzene rings is 4. The minimum absolute atomic E-state index is 0.689. The molecule has 0 aliphatic heterocycles. The molecule has 9 rings (SSSR count). The molecule has 6 heteroatoms. The summed E-state index contributed by atoms with van der Waals surface area (Å²) >= 11 is 0. The summed E-state index contributed by atoms with van der Waals surface area (Å²) in [6.45, 7) is 0. The van der Waals surface area contributed by atoms with Crippen molar-refractivity contribution in [3.8, 4) is 0 Å². The molecule has 4 aromatic carbocycles. The van der Waals surface area contributed by atoms with Gasteiger partial charge in [-0.15, -0.1) is 0 Å². The Hall–Kier alpha value is -7.44. The summed E-state index contributed by atoms with van der Waals surface area (Å²) in [5.41, 5.74) is 9.79. The topological polar surface area (TPSA) is 77.3 Å². The molecule has 0 unspecified atom stereocenters. The number of para-hydroxylation sites is 4. The lowest BCUT2D eigenvalue weighted by molar-refractivity contribution is 1.12. The fraction of sp³-hybridized carbons (Fsp3) is 0. The van der Waals surface area contributed by atoms with Gasteiger partial charge in [0.1, 0.15) is 0 Å². The van der Waals surface area contributed by atoms with Gasteiger partial charge in [-0.25, -0.2) is 29.9 Å². The van der Waals surface area contributed by atoms with Crippen LogP contribution in [0.4, 0.5) is 0 Å². The third kappa shape index (κ3) is 7.17. The van der Waals surface area contributed by atoms with Gasteiger partial charge in [-0.1, -0.05) is 97.1 Å². The lowest BCUT2D eigenvalue weighted by Crippen LogP contribution is -2.00. The molecule has 0 saturated heterocycles. The van der Waals surface area contributed by atoms with Crippen molar-refractivity contribution in [2.75, 3.05) is 0 Å². The van der Waals surface area contributed by atoms with Gasteiger partial charge >= 0.3 is 0 Å². The van der Waals surface area contributed by atoms with Crippen molar-refractivity contribution in [3.63, 3.8) is 0 Å². The summed E-state index contributed by atoms with van der Waals surface area (Å²) < 4.78 is 0. The number of hydrogen-bond acceptors (Lipinski definition) is 6. The second-order valence-corrected chi connectivity index (χ2v) is 12.8. The van der Waals surface area contributed by atoms with Crippen molar-refractivity contribution in [2.45, 2.75) is 0 Å². The van der Waals surface area contributed by atoms with E-state index in [1.807, 2.05) is 146 Å². The molecule has 5 aromatic heterocycles. The second kappa shape index (κ2) is 14.7. The highest BCUT2D eigenvalue weighted by Crippen LogP contribution is 2.22. The maximum absolute atomic E-state index is 5.22. The van der Waals surface area contributed by atoms with Gasteiger partial charge < -0.3 is 0 Å². The molecule has 6 nitrogen and oxygen atoms in total. The smallest absolute Gasteiger partial charge is 0.0895 e. The second-order valence-electron chi connectivity index (χ2n) is 12.8. The first kappa shape index (κ1) is 32.5. The zero-order valence-electron chi connectivity index (χ0n) is 29.2. The number of fused-ring (bicyclic) bond motifs is 4. The van der Waals surface area contributed by atoms with Crippen LogP contribution in [-0.2, 0) is 0 Å². The van der Waals surface area contributed by atoms with E-state index in [2.05, 4.69) is 48.5 Å². The number of pyridine rings is 4. The quantitative estimate of drug-likeness (QED) is 0.158. The molecule has 5 heterocycles. The fourth-order valence-electron chi connectivity index (χ4n) is 6.33. The summed E-state index contributed by atoms with van der Waals surface area (Å²) in [6, 6.07) is 48.8. The third-order valence-corrected chi connectivity index (χ3v) is 9.13. The Kier molecular flexibility index (Phi) is 8.81. The summed E-state index contributed by atoms with van der Waals surface area (Å²) in [7, 11) is 0. The van der Waals surface area contributed by atoms with E-state index < -0.39 is 0 Å². The summed E-state index contributed by atoms with van der Waals surface area (Å²) in [6.07, 6.45) is 15.8. The van der Waals surface area contributed by atoms with Crippen LogP contribution in [-0.4, -0.2) is 29.9 Å². The molecule has 0 bridgehead atoms. The average Bonchev–Trinajstić information content (AvgIpc) is 3.23. The molecule has 0 fully saturated rings. The van der Waals surface area contributed by atoms with Gasteiger partial charge in [0, 0.05) is 21.5 Å². The first-order valence-corrected chi connectivity index (χ1v) is 17.8. The van der Waals surface area contributed by atoms with Crippen LogP contribution in [0.3, 0.4) is 0 Å². The highest BCUT2D eigenvalue weighted by molar-refractivity contribution is 5.86. The predicted octanol–water partition coefficient (Wildman–Crippen LogP) is 11.4. The standard InChI is InChI=1S/C48H32N6/c1-5-13-41-33(9-1)17-21-37(49-41)25-29-45-46(30-26-38-22-18-34-10-2-6-14-42(34)50-38)54-48(32-28-40-24-20-36-12-4-8-16-44(36)52-40)47(53-45)31-27-39-23-19-35-11-3-7-15-43(35)51-39/h1-32H. The van der Waals surface area contributed by atoms with Crippen LogP contribution in [0.25, 0.3) is 92.2 Å². The first-order chi connectivity index (χ1) is 26.7. The largest absolute Gasteiger partial charge is 0.248 e. The summed E-state index contributed by atoms with van der Waals surface area (Å²) in [4.78, 5) is 29.9. The van der Waals surface area contributed by atoms with Crippen molar-refractivity contribution in [1.29, 1.82) is 0 Å². The Bertz CT molecular complexity index is 2560. The van der Waals surface area contributed by atoms with Crippen LogP contribution in [0.5, 0.6) is 0 Å². The van der Waals surface area contributed by atoms with Gasteiger partial charge in [-0.3, -0.25) is 0 Å². The fourth-order valence-corrected chi connectivity index (χ4v) is 6.33. The lowest BCUT2D eigenvalue weighted by atomic mass is 10.1. The van der Waals surface area contributed by atoms with E-state index in [-0.39, 0.29) is 0 Å². The number of rotatable bonds is 8. The summed E-state index contributed by atoms with van der Waals surface area (Å²) in [5.74, 6) is 0. The van der Waals surface area contributed by atoms with E-state index in [0.29, 0.717) is 22.8 Å². The van der Waals surface area contributed by atoms with Gasteiger partial charge in [0.15, 0.2) is 0 Å². The van der Waals surface area contributed by atoms with Crippen LogP contribution in [0.1, 0.15) is 45.6 Å². The monoisotopic (exact) mass is 692 g/mol. The molecular weight excluding hydrogens is 661 g/mol. The van der Waals surface area contributed by atoms with Crippen LogP contribution in [0.15, 0.2) is 146 Å². The van der Waals surface area contributed by atoms with Crippen molar-refractivity contribution in [2.24, 2.45) is 0 Å². The highest BCUT2D eigenvalue weighted by atomic mass is 14.8. The molecule has 0 spiro atoms. The maximum Gasteiger partial charge on any atom is 0.0895 e. The van der Waals surface area contributed by atoms with E-state index in [1.165, 1.54) is 0 Å². The van der Waals surface area contributed by atoms with Gasteiger partial charge in [0.2, 0.25) is 0 Å². The van der Waals surface area contributed by atoms with Gasteiger partial charge in [-0.05, 0) is 97.1 Å². The van der Waals surface area contributed by atoms with E-state index >= 15 is 0 Å². The van der Waals surface area contributed by atoms with Crippen molar-refractivity contribution >= 4 is 92.2 Å². The average molecular weight is 693 g/mol. The van der Waals surface area contributed by atoms with Crippen molar-refractivity contribution in [3.05, 3.63) is 191 Å². The van der Waals surface area contributed by atoms with Crippen molar-refractivity contribution in [1.82, 2.24) is 29.9 Å². The molecule has 0 N–H and O–H groups in total. The minimum atomic E-state index is 0.689. The molecule has 0 aliphatic rings. The van der Waals surface area contributed by atoms with Crippen molar-refractivity contribution < 1.29 is 0 Å². The van der Waals surface area contributed by atoms with Crippen LogP contribution in [0.2, 0.25) is 0 Å². The molecule has 9 aromatic rings. The zero-order valence-corrected chi connectivity index (χ0v) is 29.2. The number of nitrogens with zero attached hydrogens (tertiary/aromatic N) is 6. The normalized spacial score (nSPS) is 12.1. The molecule has 254 valence electrons. The van der Waals surface area contributed by atoms with Gasteiger partial charge in [0.05, 0.1) is 67.6 Å². The third-order valence-electron chi connectivity index (χ3n) is 9.13. The number of hydrogen-bond donors (Lipinski definition) is 0. The lowest BCUT2D eigenvalue weighted by Gasteiger charge is -2.08. The van der Waals surface area contributed by atoms with E-state index in [1.54, 1.807) is 0 Å². The van der Waals surface area contributed by atoms with Crippen LogP contribution in [0, 0.1) is 0 Å². The highest BCUT2D eigenvalue weighted by Gasteiger charge is 2.10. The Morgan fingerprint density at radius 2 is 0.463 bits per heavy atom. The van der Waals surface area contributed by atoms with E-state index in [4.69, 9.17) is 29.9 Å². The molecule has 0 amide bonds. The van der Waals surface area contributed by atoms with Crippen LogP contribution >= 0.6 is 0 Å². The Balaban J connectivity index is 1.16. The molecule has 0 aliphatic carbocycles. The van der Waals surface area contributed by atoms with E-state index in [0.717, 1.165) is 66.4 Å². The van der Waals surface area contributed by atoms with Gasteiger partial charge in [-0.2, -0.15) is 0 Å². The van der Waals surface area contributed by atoms with E-state index in [9.17, 15) is 0 Å². The molecule has 0 atom stereocenters. The first-order valence-electron chi connectivity index (χ1n) is 17.8.